The number of carbonyl (C=O) groups is 1. The summed E-state index contributed by atoms with van der Waals surface area (Å²) in [6, 6.07) is 11.5. The third-order valence-corrected chi connectivity index (χ3v) is 4.24. The standard InChI is InChI=1S/C19H13ClFN5O/c20-13-9-12(5-6-14(13)21)24-18(27)11-26-17-4-2-1-3-15(17)25-19(26)16-10-22-7-8-23-16/h1-10H,11H2,(H,24,27). The monoisotopic (exact) mass is 381 g/mol. The van der Waals surface area contributed by atoms with Crippen LogP contribution in [0.1, 0.15) is 0 Å². The highest BCUT2D eigenvalue weighted by Crippen LogP contribution is 2.23. The van der Waals surface area contributed by atoms with Gasteiger partial charge in [0, 0.05) is 18.1 Å². The number of hydrogen-bond donors (Lipinski definition) is 1. The third kappa shape index (κ3) is 3.50. The number of halogens is 2. The minimum absolute atomic E-state index is 0.00141. The van der Waals surface area contributed by atoms with Gasteiger partial charge in [0.1, 0.15) is 18.1 Å². The molecule has 2 aromatic heterocycles. The van der Waals surface area contributed by atoms with Crippen molar-refractivity contribution in [3.63, 3.8) is 0 Å². The van der Waals surface area contributed by atoms with Crippen molar-refractivity contribution in [1.82, 2.24) is 19.5 Å². The molecule has 0 spiro atoms. The lowest BCUT2D eigenvalue weighted by atomic mass is 10.3. The van der Waals surface area contributed by atoms with Gasteiger partial charge in [0.25, 0.3) is 0 Å². The molecule has 0 unspecified atom stereocenters. The van der Waals surface area contributed by atoms with Gasteiger partial charge in [-0.1, -0.05) is 23.7 Å². The molecule has 0 radical (unpaired) electrons. The van der Waals surface area contributed by atoms with Crippen LogP contribution in [0.15, 0.2) is 61.1 Å². The van der Waals surface area contributed by atoms with E-state index in [0.717, 1.165) is 11.0 Å². The van der Waals surface area contributed by atoms with Crippen molar-refractivity contribution in [2.75, 3.05) is 5.32 Å². The van der Waals surface area contributed by atoms with Gasteiger partial charge in [-0.05, 0) is 30.3 Å². The van der Waals surface area contributed by atoms with Crippen molar-refractivity contribution in [3.05, 3.63) is 71.9 Å². The lowest BCUT2D eigenvalue weighted by Crippen LogP contribution is -2.19. The highest BCUT2D eigenvalue weighted by molar-refractivity contribution is 6.31. The molecule has 0 saturated heterocycles. The Balaban J connectivity index is 1.68. The largest absolute Gasteiger partial charge is 0.324 e. The first-order chi connectivity index (χ1) is 13.1. The number of para-hydroxylation sites is 2. The molecule has 0 aliphatic heterocycles. The van der Waals surface area contributed by atoms with Gasteiger partial charge >= 0.3 is 0 Å². The molecule has 0 fully saturated rings. The number of imidazole rings is 1. The molecular weight excluding hydrogens is 369 g/mol. The lowest BCUT2D eigenvalue weighted by Gasteiger charge is -2.10. The summed E-state index contributed by atoms with van der Waals surface area (Å²) in [7, 11) is 0. The van der Waals surface area contributed by atoms with Crippen molar-refractivity contribution in [3.8, 4) is 11.5 Å². The molecule has 27 heavy (non-hydrogen) atoms. The fourth-order valence-electron chi connectivity index (χ4n) is 2.76. The van der Waals surface area contributed by atoms with E-state index in [1.807, 2.05) is 24.3 Å². The van der Waals surface area contributed by atoms with E-state index in [2.05, 4.69) is 20.3 Å². The topological polar surface area (TPSA) is 72.7 Å². The van der Waals surface area contributed by atoms with Crippen LogP contribution < -0.4 is 5.32 Å². The zero-order chi connectivity index (χ0) is 18.8. The average molecular weight is 382 g/mol. The average Bonchev–Trinajstić information content (AvgIpc) is 3.04. The van der Waals surface area contributed by atoms with Crippen LogP contribution in [0, 0.1) is 5.82 Å². The maximum Gasteiger partial charge on any atom is 0.244 e. The van der Waals surface area contributed by atoms with Crippen LogP contribution >= 0.6 is 11.6 Å². The fraction of sp³-hybridized carbons (Fsp3) is 0.0526. The smallest absolute Gasteiger partial charge is 0.244 e. The molecule has 0 aliphatic rings. The summed E-state index contributed by atoms with van der Waals surface area (Å²) in [4.78, 5) is 25.5. The number of hydrogen-bond acceptors (Lipinski definition) is 4. The predicted molar refractivity (Wildman–Crippen MR) is 101 cm³/mol. The number of anilines is 1. The van der Waals surface area contributed by atoms with Gasteiger partial charge in [0.2, 0.25) is 5.91 Å². The minimum atomic E-state index is -0.541. The first-order valence-electron chi connectivity index (χ1n) is 8.08. The van der Waals surface area contributed by atoms with Crippen LogP contribution in [0.5, 0.6) is 0 Å². The predicted octanol–water partition coefficient (Wildman–Crippen LogP) is 3.92. The fourth-order valence-corrected chi connectivity index (χ4v) is 2.94. The maximum atomic E-state index is 13.3. The maximum absolute atomic E-state index is 13.3. The van der Waals surface area contributed by atoms with E-state index in [-0.39, 0.29) is 17.5 Å². The summed E-state index contributed by atoms with van der Waals surface area (Å²) in [5.74, 6) is -0.303. The molecule has 1 N–H and O–H groups in total. The molecule has 0 atom stereocenters. The van der Waals surface area contributed by atoms with Crippen molar-refractivity contribution < 1.29 is 9.18 Å². The van der Waals surface area contributed by atoms with Gasteiger partial charge < -0.3 is 9.88 Å². The molecular formula is C19H13ClFN5O. The molecule has 134 valence electrons. The second-order valence-corrected chi connectivity index (χ2v) is 6.19. The normalized spacial score (nSPS) is 10.9. The molecule has 2 aromatic carbocycles. The third-order valence-electron chi connectivity index (χ3n) is 3.95. The van der Waals surface area contributed by atoms with Crippen LogP contribution in [0.25, 0.3) is 22.6 Å². The summed E-state index contributed by atoms with van der Waals surface area (Å²) >= 11 is 5.77. The van der Waals surface area contributed by atoms with E-state index >= 15 is 0 Å². The summed E-state index contributed by atoms with van der Waals surface area (Å²) in [5.41, 5.74) is 2.52. The Morgan fingerprint density at radius 1 is 1.19 bits per heavy atom. The van der Waals surface area contributed by atoms with E-state index in [1.54, 1.807) is 23.2 Å². The molecule has 6 nitrogen and oxygen atoms in total. The number of fused-ring (bicyclic) bond motifs is 1. The number of nitrogens with zero attached hydrogens (tertiary/aromatic N) is 4. The second-order valence-electron chi connectivity index (χ2n) is 5.78. The first-order valence-corrected chi connectivity index (χ1v) is 8.46. The van der Waals surface area contributed by atoms with Gasteiger partial charge in [0.15, 0.2) is 5.82 Å². The molecule has 0 aliphatic carbocycles. The Labute approximate surface area is 158 Å². The van der Waals surface area contributed by atoms with E-state index in [1.165, 1.54) is 18.2 Å². The van der Waals surface area contributed by atoms with Gasteiger partial charge in [0.05, 0.1) is 22.3 Å². The molecule has 8 heteroatoms. The summed E-state index contributed by atoms with van der Waals surface area (Å²) in [6.45, 7) is 0.00141. The zero-order valence-electron chi connectivity index (χ0n) is 13.9. The van der Waals surface area contributed by atoms with Crippen molar-refractivity contribution in [2.24, 2.45) is 0 Å². The second kappa shape index (κ2) is 7.13. The van der Waals surface area contributed by atoms with Gasteiger partial charge in [-0.2, -0.15) is 0 Å². The van der Waals surface area contributed by atoms with Crippen LogP contribution in [-0.2, 0) is 11.3 Å². The Bertz CT molecular complexity index is 1130. The number of amides is 1. The Kier molecular flexibility index (Phi) is 4.52. The zero-order valence-corrected chi connectivity index (χ0v) is 14.7. The minimum Gasteiger partial charge on any atom is -0.324 e. The SMILES string of the molecule is O=C(Cn1c(-c2cnccn2)nc2ccccc21)Nc1ccc(F)c(Cl)c1. The highest BCUT2D eigenvalue weighted by atomic mass is 35.5. The van der Waals surface area contributed by atoms with Crippen LogP contribution in [0.3, 0.4) is 0 Å². The Hall–Kier alpha value is -3.32. The Morgan fingerprint density at radius 2 is 2.04 bits per heavy atom. The molecule has 0 bridgehead atoms. The molecule has 1 amide bonds. The summed E-state index contributed by atoms with van der Waals surface area (Å²) in [6.07, 6.45) is 4.73. The van der Waals surface area contributed by atoms with Crippen molar-refractivity contribution >= 4 is 34.2 Å². The first kappa shape index (κ1) is 17.1. The highest BCUT2D eigenvalue weighted by Gasteiger charge is 2.16. The van der Waals surface area contributed by atoms with Crippen molar-refractivity contribution in [1.29, 1.82) is 0 Å². The lowest BCUT2D eigenvalue weighted by molar-refractivity contribution is -0.116. The Morgan fingerprint density at radius 3 is 2.81 bits per heavy atom. The van der Waals surface area contributed by atoms with E-state index in [0.29, 0.717) is 17.2 Å². The summed E-state index contributed by atoms with van der Waals surface area (Å²) in [5, 5.41) is 2.66. The van der Waals surface area contributed by atoms with Crippen LogP contribution in [-0.4, -0.2) is 25.4 Å². The van der Waals surface area contributed by atoms with E-state index in [9.17, 15) is 9.18 Å². The molecule has 4 rings (SSSR count). The molecule has 0 saturated carbocycles. The number of nitrogens with one attached hydrogen (secondary N) is 1. The number of carbonyl (C=O) groups excluding carboxylic acids is 1. The summed E-state index contributed by atoms with van der Waals surface area (Å²) < 4.78 is 15.1. The number of aromatic nitrogens is 4. The van der Waals surface area contributed by atoms with Crippen molar-refractivity contribution in [2.45, 2.75) is 6.54 Å². The quantitative estimate of drug-likeness (QED) is 0.581. The van der Waals surface area contributed by atoms with E-state index in [4.69, 9.17) is 11.6 Å². The van der Waals surface area contributed by atoms with Gasteiger partial charge in [-0.3, -0.25) is 9.78 Å². The number of rotatable bonds is 4. The van der Waals surface area contributed by atoms with E-state index < -0.39 is 5.82 Å². The van der Waals surface area contributed by atoms with Gasteiger partial charge in [-0.15, -0.1) is 0 Å². The molecule has 2 heterocycles. The van der Waals surface area contributed by atoms with Crippen LogP contribution in [0.4, 0.5) is 10.1 Å². The van der Waals surface area contributed by atoms with Gasteiger partial charge in [-0.25, -0.2) is 14.4 Å². The van der Waals surface area contributed by atoms with Crippen LogP contribution in [0.2, 0.25) is 5.02 Å². The number of benzene rings is 2. The molecule has 4 aromatic rings.